The van der Waals surface area contributed by atoms with Crippen molar-refractivity contribution >= 4 is 11.6 Å². The highest BCUT2D eigenvalue weighted by molar-refractivity contribution is 5.93. The predicted molar refractivity (Wildman–Crippen MR) is 108 cm³/mol. The Bertz CT molecular complexity index is 889. The summed E-state index contributed by atoms with van der Waals surface area (Å²) in [5.74, 6) is 1.22. The van der Waals surface area contributed by atoms with Crippen LogP contribution < -0.4 is 25.0 Å². The minimum absolute atomic E-state index is 0.000140. The van der Waals surface area contributed by atoms with Crippen LogP contribution >= 0.6 is 0 Å². The normalized spacial score (nSPS) is 14.3. The highest BCUT2D eigenvalue weighted by Gasteiger charge is 2.14. The number of amides is 1. The Morgan fingerprint density at radius 3 is 2.59 bits per heavy atom. The maximum Gasteiger partial charge on any atom is 0.262 e. The molecule has 1 aromatic heterocycles. The Balaban J connectivity index is 1.57. The lowest BCUT2D eigenvalue weighted by molar-refractivity contribution is -0.118. The third-order valence-electron chi connectivity index (χ3n) is 4.72. The molecular weight excluding hydrogens is 376 g/mol. The molecule has 1 aromatic carbocycles. The van der Waals surface area contributed by atoms with Crippen molar-refractivity contribution in [3.63, 3.8) is 0 Å². The summed E-state index contributed by atoms with van der Waals surface area (Å²) < 4.78 is 21.2. The second-order valence-corrected chi connectivity index (χ2v) is 6.81. The molecule has 156 valence electrons. The van der Waals surface area contributed by atoms with Crippen LogP contribution in [0.1, 0.15) is 25.0 Å². The van der Waals surface area contributed by atoms with Crippen LogP contribution in [-0.2, 0) is 11.3 Å². The average Bonchev–Trinajstić information content (AvgIpc) is 2.74. The van der Waals surface area contributed by atoms with E-state index in [2.05, 4.69) is 10.2 Å². The lowest BCUT2D eigenvalue weighted by atomic mass is 10.1. The molecule has 1 saturated heterocycles. The maximum absolute atomic E-state index is 12.3. The van der Waals surface area contributed by atoms with Crippen LogP contribution in [0, 0.1) is 0 Å². The van der Waals surface area contributed by atoms with Crippen LogP contribution in [0.25, 0.3) is 0 Å². The number of benzene rings is 1. The minimum atomic E-state index is -0.437. The van der Waals surface area contributed by atoms with Crippen LogP contribution in [0.2, 0.25) is 0 Å². The summed E-state index contributed by atoms with van der Waals surface area (Å²) in [6, 6.07) is 6.47. The zero-order valence-corrected chi connectivity index (χ0v) is 16.7. The van der Waals surface area contributed by atoms with Gasteiger partial charge >= 0.3 is 0 Å². The molecule has 1 aliphatic heterocycles. The number of hydrogen-bond donors (Lipinski definition) is 1. The lowest BCUT2D eigenvalue weighted by Crippen LogP contribution is -2.29. The summed E-state index contributed by atoms with van der Waals surface area (Å²) in [5.41, 5.74) is 0.138. The number of likely N-dealkylation sites (tertiary alicyclic amines) is 1. The molecule has 0 spiro atoms. The van der Waals surface area contributed by atoms with Gasteiger partial charge in [-0.3, -0.25) is 14.5 Å². The van der Waals surface area contributed by atoms with Gasteiger partial charge in [-0.15, -0.1) is 0 Å². The molecule has 1 N–H and O–H groups in total. The fraction of sp³-hybridized carbons (Fsp3) is 0.429. The van der Waals surface area contributed by atoms with Crippen molar-refractivity contribution in [1.82, 2.24) is 4.90 Å². The van der Waals surface area contributed by atoms with E-state index in [9.17, 15) is 9.59 Å². The van der Waals surface area contributed by atoms with E-state index in [1.54, 1.807) is 18.2 Å². The quantitative estimate of drug-likeness (QED) is 0.726. The molecule has 1 aliphatic rings. The Morgan fingerprint density at radius 2 is 1.90 bits per heavy atom. The Morgan fingerprint density at radius 1 is 1.10 bits per heavy atom. The van der Waals surface area contributed by atoms with E-state index in [1.165, 1.54) is 45.8 Å². The van der Waals surface area contributed by atoms with Crippen LogP contribution in [0.3, 0.4) is 0 Å². The number of hydrogen-bond acceptors (Lipinski definition) is 7. The van der Waals surface area contributed by atoms with E-state index >= 15 is 0 Å². The summed E-state index contributed by atoms with van der Waals surface area (Å²) in [5, 5.41) is 2.68. The van der Waals surface area contributed by atoms with Crippen molar-refractivity contribution in [3.05, 3.63) is 46.5 Å². The van der Waals surface area contributed by atoms with Crippen LogP contribution in [0.5, 0.6) is 17.2 Å². The zero-order chi connectivity index (χ0) is 20.6. The van der Waals surface area contributed by atoms with E-state index in [0.29, 0.717) is 29.5 Å². The first-order valence-electron chi connectivity index (χ1n) is 9.58. The van der Waals surface area contributed by atoms with Gasteiger partial charge in [0.1, 0.15) is 23.5 Å². The predicted octanol–water partition coefficient (Wildman–Crippen LogP) is 2.66. The summed E-state index contributed by atoms with van der Waals surface area (Å²) >= 11 is 0. The second-order valence-electron chi connectivity index (χ2n) is 6.81. The number of piperidine rings is 1. The monoisotopic (exact) mass is 402 g/mol. The summed E-state index contributed by atoms with van der Waals surface area (Å²) in [6.07, 6.45) is 4.84. The molecule has 1 fully saturated rings. The van der Waals surface area contributed by atoms with E-state index < -0.39 is 5.91 Å². The highest BCUT2D eigenvalue weighted by atomic mass is 16.5. The van der Waals surface area contributed by atoms with Gasteiger partial charge in [-0.25, -0.2) is 0 Å². The molecule has 1 amide bonds. The van der Waals surface area contributed by atoms with Crippen molar-refractivity contribution in [2.75, 3.05) is 39.2 Å². The fourth-order valence-corrected chi connectivity index (χ4v) is 3.21. The van der Waals surface area contributed by atoms with Crippen molar-refractivity contribution in [3.8, 4) is 17.2 Å². The standard InChI is InChI=1S/C21H26N2O6/c1-26-15-6-7-19(27-2)17(10-15)22-21(25)14-29-20-13-28-16(11-18(20)24)12-23-8-4-3-5-9-23/h6-7,10-11,13H,3-5,8-9,12,14H2,1-2H3,(H,22,25). The molecule has 3 rings (SSSR count). The highest BCUT2D eigenvalue weighted by Crippen LogP contribution is 2.28. The molecule has 8 heteroatoms. The molecule has 8 nitrogen and oxygen atoms in total. The number of carbonyl (C=O) groups excluding carboxylic acids is 1. The summed E-state index contributed by atoms with van der Waals surface area (Å²) in [6.45, 7) is 2.29. The molecule has 0 unspecified atom stereocenters. The lowest BCUT2D eigenvalue weighted by Gasteiger charge is -2.25. The van der Waals surface area contributed by atoms with Gasteiger partial charge in [0.2, 0.25) is 11.2 Å². The molecule has 0 bridgehead atoms. The van der Waals surface area contributed by atoms with Gasteiger partial charge in [-0.1, -0.05) is 6.42 Å². The van der Waals surface area contributed by atoms with Gasteiger partial charge in [0, 0.05) is 12.1 Å². The molecule has 0 radical (unpaired) electrons. The average molecular weight is 402 g/mol. The minimum Gasteiger partial charge on any atom is -0.497 e. The van der Waals surface area contributed by atoms with Gasteiger partial charge in [0.05, 0.1) is 26.5 Å². The number of rotatable bonds is 8. The van der Waals surface area contributed by atoms with E-state index in [1.807, 2.05) is 0 Å². The van der Waals surface area contributed by atoms with Crippen molar-refractivity contribution in [2.45, 2.75) is 25.8 Å². The number of methoxy groups -OCH3 is 2. The zero-order valence-electron chi connectivity index (χ0n) is 16.7. The third kappa shape index (κ3) is 5.74. The third-order valence-corrected chi connectivity index (χ3v) is 4.72. The Labute approximate surface area is 169 Å². The van der Waals surface area contributed by atoms with Gasteiger partial charge in [-0.05, 0) is 38.1 Å². The molecule has 0 aliphatic carbocycles. The van der Waals surface area contributed by atoms with Gasteiger partial charge in [0.25, 0.3) is 5.91 Å². The van der Waals surface area contributed by atoms with Crippen molar-refractivity contribution in [2.24, 2.45) is 0 Å². The largest absolute Gasteiger partial charge is 0.497 e. The topological polar surface area (TPSA) is 90.2 Å². The Hall–Kier alpha value is -3.00. The smallest absolute Gasteiger partial charge is 0.262 e. The summed E-state index contributed by atoms with van der Waals surface area (Å²) in [7, 11) is 3.04. The Kier molecular flexibility index (Phi) is 7.13. The van der Waals surface area contributed by atoms with Crippen LogP contribution in [0.15, 0.2) is 39.7 Å². The van der Waals surface area contributed by atoms with Gasteiger partial charge in [0.15, 0.2) is 6.61 Å². The first kappa shape index (κ1) is 20.7. The van der Waals surface area contributed by atoms with Gasteiger partial charge in [-0.2, -0.15) is 0 Å². The van der Waals surface area contributed by atoms with E-state index in [4.69, 9.17) is 18.6 Å². The molecule has 2 aromatic rings. The number of anilines is 1. The number of nitrogens with zero attached hydrogens (tertiary/aromatic N) is 1. The fourth-order valence-electron chi connectivity index (χ4n) is 3.21. The van der Waals surface area contributed by atoms with Crippen molar-refractivity contribution in [1.29, 1.82) is 0 Å². The molecule has 0 atom stereocenters. The second kappa shape index (κ2) is 9.97. The SMILES string of the molecule is COc1ccc(OC)c(NC(=O)COc2coc(CN3CCCCC3)cc2=O)c1. The molecule has 2 heterocycles. The van der Waals surface area contributed by atoms with E-state index in [-0.39, 0.29) is 17.8 Å². The number of ether oxygens (including phenoxy) is 3. The van der Waals surface area contributed by atoms with Crippen molar-refractivity contribution < 1.29 is 23.4 Å². The molecule has 29 heavy (non-hydrogen) atoms. The van der Waals surface area contributed by atoms with Gasteiger partial charge < -0.3 is 23.9 Å². The number of carbonyl (C=O) groups is 1. The number of nitrogens with one attached hydrogen (secondary N) is 1. The first-order chi connectivity index (χ1) is 14.1. The first-order valence-corrected chi connectivity index (χ1v) is 9.58. The maximum atomic E-state index is 12.3. The van der Waals surface area contributed by atoms with Crippen LogP contribution in [-0.4, -0.2) is 44.7 Å². The van der Waals surface area contributed by atoms with Crippen LogP contribution in [0.4, 0.5) is 5.69 Å². The molecule has 0 saturated carbocycles. The van der Waals surface area contributed by atoms with E-state index in [0.717, 1.165) is 13.1 Å². The summed E-state index contributed by atoms with van der Waals surface area (Å²) in [4.78, 5) is 26.7. The molecular formula is C21H26N2O6.